The number of carbonyl (C=O) groups is 3. The molecule has 350 valence electrons. The number of likely N-dealkylation sites (tertiary alicyclic amines) is 1. The zero-order valence-electron chi connectivity index (χ0n) is 38.2. The third-order valence-electron chi connectivity index (χ3n) is 11.7. The van der Waals surface area contributed by atoms with E-state index in [1.165, 1.54) is 0 Å². The van der Waals surface area contributed by atoms with E-state index in [1.807, 2.05) is 92.6 Å². The average Bonchev–Trinajstić information content (AvgIpc) is 4.15. The van der Waals surface area contributed by atoms with Crippen LogP contribution in [0.4, 0.5) is 0 Å². The maximum Gasteiger partial charge on any atom is 0.246 e. The molecule has 17 heteroatoms. The van der Waals surface area contributed by atoms with Crippen LogP contribution in [-0.4, -0.2) is 125 Å². The molecule has 1 saturated heterocycles. The first-order chi connectivity index (χ1) is 32.0. The molecule has 3 N–H and O–H groups in total. The molecule has 3 aromatic heterocycles. The van der Waals surface area contributed by atoms with Gasteiger partial charge in [-0.3, -0.25) is 24.0 Å². The number of carbonyl (C=O) groups excluding carboxylic acids is 3. The van der Waals surface area contributed by atoms with Crippen LogP contribution < -0.4 is 10.6 Å². The highest BCUT2D eigenvalue weighted by atomic mass is 32.1. The van der Waals surface area contributed by atoms with Crippen molar-refractivity contribution >= 4 is 34.8 Å². The number of fused-ring (bicyclic) bond motifs is 1. The first kappa shape index (κ1) is 48.1. The Kier molecular flexibility index (Phi) is 16.8. The second-order valence-corrected chi connectivity index (χ2v) is 18.3. The zero-order valence-corrected chi connectivity index (χ0v) is 39.0. The number of benzene rings is 2. The number of nitrogens with zero attached hydrogens (tertiary/aromatic N) is 6. The zero-order chi connectivity index (χ0) is 46.5. The number of nitrogens with one attached hydrogen (secondary N) is 2. The summed E-state index contributed by atoms with van der Waals surface area (Å²) >= 11 is 1.60. The van der Waals surface area contributed by atoms with Crippen LogP contribution in [0, 0.1) is 12.3 Å². The molecule has 0 saturated carbocycles. The first-order valence-corrected chi connectivity index (χ1v) is 23.4. The van der Waals surface area contributed by atoms with Gasteiger partial charge in [-0.25, -0.2) is 4.98 Å². The van der Waals surface area contributed by atoms with Crippen molar-refractivity contribution in [2.24, 2.45) is 10.6 Å². The lowest BCUT2D eigenvalue weighted by molar-refractivity contribution is -0.144. The molecule has 0 spiro atoms. The molecule has 1 aliphatic carbocycles. The van der Waals surface area contributed by atoms with Gasteiger partial charge >= 0.3 is 0 Å². The minimum absolute atomic E-state index is 0.191. The number of amides is 3. The van der Waals surface area contributed by atoms with Gasteiger partial charge in [0.05, 0.1) is 74.6 Å². The summed E-state index contributed by atoms with van der Waals surface area (Å²) in [5.74, 6) is -0.908. The van der Waals surface area contributed by atoms with Crippen LogP contribution in [0.2, 0.25) is 0 Å². The molecular weight excluding hydrogens is 861 g/mol. The van der Waals surface area contributed by atoms with Crippen molar-refractivity contribution in [3.05, 3.63) is 101 Å². The van der Waals surface area contributed by atoms with Crippen LogP contribution in [0.25, 0.3) is 32.8 Å². The summed E-state index contributed by atoms with van der Waals surface area (Å²) < 4.78 is 24.6. The van der Waals surface area contributed by atoms with Gasteiger partial charge < -0.3 is 39.7 Å². The van der Waals surface area contributed by atoms with Crippen molar-refractivity contribution in [2.75, 3.05) is 59.4 Å². The Balaban J connectivity index is 0.756. The Morgan fingerprint density at radius 1 is 0.879 bits per heavy atom. The van der Waals surface area contributed by atoms with Crippen LogP contribution in [0.5, 0.6) is 0 Å². The summed E-state index contributed by atoms with van der Waals surface area (Å²) in [4.78, 5) is 51.5. The molecule has 16 nitrogen and oxygen atoms in total. The minimum Gasteiger partial charge on any atom is -0.411 e. The highest BCUT2D eigenvalue weighted by molar-refractivity contribution is 7.13. The summed E-state index contributed by atoms with van der Waals surface area (Å²) in [5, 5.41) is 23.6. The predicted molar refractivity (Wildman–Crippen MR) is 251 cm³/mol. The number of hydrogen-bond donors (Lipinski definition) is 3. The van der Waals surface area contributed by atoms with Gasteiger partial charge in [0, 0.05) is 48.4 Å². The lowest BCUT2D eigenvalue weighted by Gasteiger charge is -2.35. The lowest BCUT2D eigenvalue weighted by Crippen LogP contribution is -2.58. The van der Waals surface area contributed by atoms with Crippen molar-refractivity contribution in [3.8, 4) is 32.8 Å². The van der Waals surface area contributed by atoms with E-state index in [2.05, 4.69) is 31.8 Å². The molecule has 1 fully saturated rings. The van der Waals surface area contributed by atoms with Crippen LogP contribution in [0.1, 0.15) is 62.4 Å². The lowest BCUT2D eigenvalue weighted by atomic mass is 9.85. The third-order valence-corrected chi connectivity index (χ3v) is 12.7. The third kappa shape index (κ3) is 12.5. The molecule has 2 aromatic carbocycles. The second kappa shape index (κ2) is 23.1. The van der Waals surface area contributed by atoms with Crippen molar-refractivity contribution in [2.45, 2.75) is 78.6 Å². The van der Waals surface area contributed by atoms with E-state index in [1.54, 1.807) is 28.6 Å². The number of rotatable bonds is 22. The highest BCUT2D eigenvalue weighted by Crippen LogP contribution is 2.34. The van der Waals surface area contributed by atoms with Gasteiger partial charge in [-0.05, 0) is 72.4 Å². The minimum atomic E-state index is -0.842. The van der Waals surface area contributed by atoms with Gasteiger partial charge in [-0.15, -0.1) is 11.3 Å². The fraction of sp³-hybridized carbons (Fsp3) is 0.449. The van der Waals surface area contributed by atoms with E-state index in [4.69, 9.17) is 24.0 Å². The summed E-state index contributed by atoms with van der Waals surface area (Å²) in [6.07, 6.45) is 8.36. The van der Waals surface area contributed by atoms with Gasteiger partial charge in [0.15, 0.2) is 0 Å². The number of oxime groups is 1. The molecule has 0 radical (unpaired) electrons. The molecule has 2 aliphatic rings. The summed E-state index contributed by atoms with van der Waals surface area (Å²) in [6.45, 7) is 11.2. The van der Waals surface area contributed by atoms with Crippen molar-refractivity contribution in [1.29, 1.82) is 0 Å². The van der Waals surface area contributed by atoms with Crippen molar-refractivity contribution < 1.29 is 38.5 Å². The van der Waals surface area contributed by atoms with Gasteiger partial charge in [0.25, 0.3) is 0 Å². The van der Waals surface area contributed by atoms with Crippen LogP contribution in [0.3, 0.4) is 0 Å². The number of pyridine rings is 1. The maximum atomic E-state index is 13.9. The molecule has 5 aromatic rings. The van der Waals surface area contributed by atoms with Gasteiger partial charge in [0.1, 0.15) is 24.4 Å². The quantitative estimate of drug-likeness (QED) is 0.0415. The van der Waals surface area contributed by atoms with Gasteiger partial charge in [-0.2, -0.15) is 5.10 Å². The Morgan fingerprint density at radius 3 is 2.26 bits per heavy atom. The number of aromatic nitrogens is 4. The van der Waals surface area contributed by atoms with E-state index < -0.39 is 23.4 Å². The van der Waals surface area contributed by atoms with Crippen LogP contribution in [0.15, 0.2) is 83.9 Å². The monoisotopic (exact) mass is 920 g/mol. The fourth-order valence-corrected chi connectivity index (χ4v) is 8.99. The summed E-state index contributed by atoms with van der Waals surface area (Å²) in [6, 6.07) is 16.7. The average molecular weight is 921 g/mol. The molecule has 1 aliphatic heterocycles. The number of hydrogen-bond acceptors (Lipinski definition) is 13. The predicted octanol–water partition coefficient (Wildman–Crippen LogP) is 6.07. The molecule has 2 atom stereocenters. The molecule has 3 amide bonds. The van der Waals surface area contributed by atoms with E-state index in [0.29, 0.717) is 65.5 Å². The SMILES string of the molecule is Cc1ncsc1-c1ccc(CNC(=O)[C@@H]2CCCN2C(=O)C(NC(=O)COCCOCCOCCOCCn2cc(-c3ccc4c(c3)CC/C4=N\O)c(-c3ccncc3)n2)C(C)(C)C)cc1. The molecular formula is C49H60N8O8S. The van der Waals surface area contributed by atoms with Crippen LogP contribution in [-0.2, 0) is 52.8 Å². The molecule has 66 heavy (non-hydrogen) atoms. The largest absolute Gasteiger partial charge is 0.411 e. The fourth-order valence-electron chi connectivity index (χ4n) is 8.17. The highest BCUT2D eigenvalue weighted by Gasteiger charge is 2.41. The summed E-state index contributed by atoms with van der Waals surface area (Å²) in [7, 11) is 0. The van der Waals surface area contributed by atoms with Gasteiger partial charge in [0.2, 0.25) is 17.7 Å². The molecule has 0 bridgehead atoms. The smallest absolute Gasteiger partial charge is 0.246 e. The molecule has 7 rings (SSSR count). The molecule has 1 unspecified atom stereocenters. The Morgan fingerprint density at radius 2 is 1.58 bits per heavy atom. The van der Waals surface area contributed by atoms with Crippen molar-refractivity contribution in [3.63, 3.8) is 0 Å². The number of aryl methyl sites for hydroxylation is 2. The summed E-state index contributed by atoms with van der Waals surface area (Å²) in [5.41, 5.74) is 11.0. The van der Waals surface area contributed by atoms with Crippen LogP contribution >= 0.6 is 11.3 Å². The van der Waals surface area contributed by atoms with E-state index in [-0.39, 0.29) is 31.6 Å². The standard InChI is InChI=1S/C49H60N8O8S/c1-33-45(66-32-52-33)36-9-7-34(8-10-36)29-51-47(59)42-6-5-19-57(42)48(60)46(49(2,3)4)53-43(58)31-65-27-26-64-25-24-63-23-22-62-21-20-56-30-40(44(54-56)35-15-17-50-18-16-35)38-11-13-39-37(28-38)12-14-41(39)55-61/h7-11,13,15-18,28,30,32,42,46,61H,5-6,12,14,19-27,29,31H2,1-4H3,(H,51,59)(H,53,58)/b55-41+/t42-,46?/m0/s1. The van der Waals surface area contributed by atoms with Gasteiger partial charge in [-0.1, -0.05) is 68.4 Å². The first-order valence-electron chi connectivity index (χ1n) is 22.5. The van der Waals surface area contributed by atoms with E-state index in [9.17, 15) is 19.6 Å². The molecule has 4 heterocycles. The van der Waals surface area contributed by atoms with Crippen molar-refractivity contribution in [1.82, 2.24) is 35.3 Å². The second-order valence-electron chi connectivity index (χ2n) is 17.4. The Labute approximate surface area is 389 Å². The topological polar surface area (TPSA) is 192 Å². The maximum absolute atomic E-state index is 13.9. The number of thiazole rings is 1. The van der Waals surface area contributed by atoms with E-state index in [0.717, 1.165) is 73.8 Å². The Hall–Kier alpha value is -5.85. The normalized spacial score (nSPS) is 15.8. The number of ether oxygens (including phenoxy) is 4. The Bertz CT molecular complexity index is 2430. The van der Waals surface area contributed by atoms with E-state index >= 15 is 0 Å².